The fourth-order valence-corrected chi connectivity index (χ4v) is 5.01. The van der Waals surface area contributed by atoms with Gasteiger partial charge in [0.15, 0.2) is 6.10 Å². The monoisotopic (exact) mass is 513 g/mol. The van der Waals surface area contributed by atoms with Crippen molar-refractivity contribution in [2.24, 2.45) is 7.05 Å². The third-order valence-corrected chi connectivity index (χ3v) is 7.55. The molecule has 4 aromatic rings. The summed E-state index contributed by atoms with van der Waals surface area (Å²) in [6.07, 6.45) is 5.85. The van der Waals surface area contributed by atoms with Gasteiger partial charge in [-0.3, -0.25) is 9.89 Å². The molecule has 2 aliphatic heterocycles. The highest BCUT2D eigenvalue weighted by Crippen LogP contribution is 2.35. The Labute approximate surface area is 221 Å². The first-order valence-corrected chi connectivity index (χ1v) is 12.8. The largest absolute Gasteiger partial charge is 0.480 e. The second-order valence-corrected chi connectivity index (χ2v) is 10.2. The Morgan fingerprint density at radius 2 is 2.00 bits per heavy atom. The van der Waals surface area contributed by atoms with Crippen LogP contribution in [-0.4, -0.2) is 63.7 Å². The first-order valence-electron chi connectivity index (χ1n) is 12.8. The van der Waals surface area contributed by atoms with Crippen molar-refractivity contribution >= 4 is 29.0 Å². The van der Waals surface area contributed by atoms with Crippen LogP contribution in [0.25, 0.3) is 34.2 Å². The van der Waals surface area contributed by atoms with Gasteiger partial charge in [-0.2, -0.15) is 10.2 Å². The second kappa shape index (κ2) is 9.33. The van der Waals surface area contributed by atoms with E-state index in [1.807, 2.05) is 63.4 Å². The molecule has 9 heteroatoms. The second-order valence-electron chi connectivity index (χ2n) is 10.2. The van der Waals surface area contributed by atoms with E-state index >= 15 is 0 Å². The number of benzene rings is 2. The first kappa shape index (κ1) is 24.2. The Kier molecular flexibility index (Phi) is 5.95. The molecule has 2 aliphatic rings. The molecule has 4 bridgehead atoms. The van der Waals surface area contributed by atoms with E-state index in [0.29, 0.717) is 37.7 Å². The van der Waals surface area contributed by atoms with Crippen LogP contribution >= 0.6 is 0 Å². The van der Waals surface area contributed by atoms with Crippen molar-refractivity contribution < 1.29 is 19.0 Å². The Hall–Kier alpha value is -4.11. The van der Waals surface area contributed by atoms with Crippen LogP contribution < -0.4 is 9.47 Å². The number of hydrogen-bond donors (Lipinski definition) is 1. The maximum absolute atomic E-state index is 13.3. The molecule has 0 aliphatic carbocycles. The molecular weight excluding hydrogens is 482 g/mol. The average molecular weight is 514 g/mol. The van der Waals surface area contributed by atoms with Crippen molar-refractivity contribution in [2.45, 2.75) is 32.0 Å². The number of nitrogens with zero attached hydrogens (tertiary/aromatic N) is 4. The van der Waals surface area contributed by atoms with Crippen molar-refractivity contribution in [1.29, 1.82) is 0 Å². The molecule has 0 saturated carbocycles. The minimum atomic E-state index is -0.556. The summed E-state index contributed by atoms with van der Waals surface area (Å²) < 4.78 is 20.0. The van der Waals surface area contributed by atoms with E-state index in [0.717, 1.165) is 38.9 Å². The molecular formula is C29H31N5O4. The standard InChI is InChI=1S/C29H31N5O4/c1-29(2,36-4)20-8-5-18-6-9-23-21-15-19(7-10-24(21)32-31-23)22-17-30-33(3)28(22)37-14-13-34-12-11-25(27(34)35)38-26(18)16-20/h5-10,15-17,25H,11-14H2,1-4H3,(H,31,32)/b9-6+/t25-/m1/s1. The molecule has 0 unspecified atom stereocenters. The predicted molar refractivity (Wildman–Crippen MR) is 145 cm³/mol. The quantitative estimate of drug-likeness (QED) is 0.427. The van der Waals surface area contributed by atoms with E-state index in [-0.39, 0.29) is 5.91 Å². The number of rotatable bonds is 2. The Balaban J connectivity index is 1.48. The molecule has 1 saturated heterocycles. The molecule has 2 aromatic heterocycles. The molecule has 0 spiro atoms. The van der Waals surface area contributed by atoms with E-state index in [4.69, 9.17) is 14.2 Å². The molecule has 38 heavy (non-hydrogen) atoms. The number of aryl methyl sites for hydroxylation is 1. The zero-order valence-electron chi connectivity index (χ0n) is 22.0. The number of amides is 1. The summed E-state index contributed by atoms with van der Waals surface area (Å²) in [5.74, 6) is 1.28. The van der Waals surface area contributed by atoms with E-state index < -0.39 is 11.7 Å². The van der Waals surface area contributed by atoms with Crippen LogP contribution in [0.1, 0.15) is 37.1 Å². The lowest BCUT2D eigenvalue weighted by molar-refractivity contribution is -0.133. The van der Waals surface area contributed by atoms with Crippen molar-refractivity contribution in [3.8, 4) is 22.8 Å². The van der Waals surface area contributed by atoms with Gasteiger partial charge in [-0.25, -0.2) is 4.68 Å². The Morgan fingerprint density at radius 3 is 2.84 bits per heavy atom. The smallest absolute Gasteiger partial charge is 0.263 e. The topological polar surface area (TPSA) is 94.5 Å². The van der Waals surface area contributed by atoms with Gasteiger partial charge in [-0.1, -0.05) is 18.2 Å². The van der Waals surface area contributed by atoms with Gasteiger partial charge in [0.25, 0.3) is 5.91 Å². The first-order chi connectivity index (χ1) is 18.3. The maximum atomic E-state index is 13.3. The van der Waals surface area contributed by atoms with Crippen molar-refractivity contribution in [3.63, 3.8) is 0 Å². The highest BCUT2D eigenvalue weighted by Gasteiger charge is 2.34. The minimum absolute atomic E-state index is 0.0311. The Bertz CT molecular complexity index is 1550. The summed E-state index contributed by atoms with van der Waals surface area (Å²) in [5.41, 5.74) is 4.94. The molecule has 1 amide bonds. The minimum Gasteiger partial charge on any atom is -0.480 e. The normalized spacial score (nSPS) is 18.6. The molecule has 4 heterocycles. The predicted octanol–water partition coefficient (Wildman–Crippen LogP) is 4.39. The van der Waals surface area contributed by atoms with Gasteiger partial charge in [0, 0.05) is 38.1 Å². The van der Waals surface area contributed by atoms with E-state index in [1.165, 1.54) is 0 Å². The van der Waals surface area contributed by atoms with E-state index in [2.05, 4.69) is 21.4 Å². The number of nitrogens with one attached hydrogen (secondary N) is 1. The lowest BCUT2D eigenvalue weighted by atomic mass is 9.96. The highest BCUT2D eigenvalue weighted by molar-refractivity contribution is 5.93. The number of carbonyl (C=O) groups excluding carboxylic acids is 1. The number of methoxy groups -OCH3 is 1. The maximum Gasteiger partial charge on any atom is 0.263 e. The van der Waals surface area contributed by atoms with E-state index in [9.17, 15) is 4.79 Å². The number of ether oxygens (including phenoxy) is 3. The summed E-state index contributed by atoms with van der Waals surface area (Å²) in [6.45, 7) is 5.46. The van der Waals surface area contributed by atoms with Gasteiger partial charge < -0.3 is 19.1 Å². The Morgan fingerprint density at radius 1 is 1.13 bits per heavy atom. The zero-order chi connectivity index (χ0) is 26.4. The van der Waals surface area contributed by atoms with Gasteiger partial charge in [-0.15, -0.1) is 0 Å². The number of H-pyrrole nitrogens is 1. The van der Waals surface area contributed by atoms with Gasteiger partial charge in [0.1, 0.15) is 12.4 Å². The molecule has 196 valence electrons. The van der Waals surface area contributed by atoms with Crippen LogP contribution in [0.2, 0.25) is 0 Å². The fraction of sp³-hybridized carbons (Fsp3) is 0.345. The van der Waals surface area contributed by atoms with Crippen LogP contribution in [-0.2, 0) is 22.2 Å². The average Bonchev–Trinajstić information content (AvgIpc) is 3.60. The molecule has 6 rings (SSSR count). The van der Waals surface area contributed by atoms with Gasteiger partial charge in [0.05, 0.1) is 35.1 Å². The van der Waals surface area contributed by atoms with Crippen LogP contribution in [0.3, 0.4) is 0 Å². The molecule has 9 nitrogen and oxygen atoms in total. The van der Waals surface area contributed by atoms with Crippen molar-refractivity contribution in [2.75, 3.05) is 26.8 Å². The lowest BCUT2D eigenvalue weighted by Crippen LogP contribution is -2.35. The van der Waals surface area contributed by atoms with Gasteiger partial charge in [0.2, 0.25) is 5.88 Å². The van der Waals surface area contributed by atoms with Crippen LogP contribution in [0.4, 0.5) is 0 Å². The third kappa shape index (κ3) is 4.22. The van der Waals surface area contributed by atoms with E-state index in [1.54, 1.807) is 22.9 Å². The number of aromatic nitrogens is 4. The number of aromatic amines is 1. The van der Waals surface area contributed by atoms with Gasteiger partial charge in [-0.05, 0) is 55.3 Å². The summed E-state index contributed by atoms with van der Waals surface area (Å²) in [4.78, 5) is 15.1. The molecule has 2 aromatic carbocycles. The number of carbonyl (C=O) groups is 1. The van der Waals surface area contributed by atoms with Crippen molar-refractivity contribution in [3.05, 3.63) is 59.4 Å². The van der Waals surface area contributed by atoms with Crippen molar-refractivity contribution in [1.82, 2.24) is 24.9 Å². The van der Waals surface area contributed by atoms with Crippen LogP contribution in [0.5, 0.6) is 11.6 Å². The zero-order valence-corrected chi connectivity index (χ0v) is 22.0. The summed E-state index contributed by atoms with van der Waals surface area (Å²) in [7, 11) is 3.54. The summed E-state index contributed by atoms with van der Waals surface area (Å²) in [5, 5.41) is 13.0. The summed E-state index contributed by atoms with van der Waals surface area (Å²) in [6, 6.07) is 12.1. The fourth-order valence-electron chi connectivity index (χ4n) is 5.01. The van der Waals surface area contributed by atoms with Crippen LogP contribution in [0.15, 0.2) is 42.6 Å². The SMILES string of the molecule is COC(C)(C)c1ccc2c(c1)O[C@@H]1CCN(CCOc3c(cnn3C)-c3ccc4n[nH]c(c4c3)/C=C/2)C1=O. The number of hydrogen-bond acceptors (Lipinski definition) is 6. The molecule has 1 fully saturated rings. The lowest BCUT2D eigenvalue weighted by Gasteiger charge is -2.25. The highest BCUT2D eigenvalue weighted by atomic mass is 16.5. The molecule has 0 radical (unpaired) electrons. The summed E-state index contributed by atoms with van der Waals surface area (Å²) >= 11 is 0. The number of fused-ring (bicyclic) bond motifs is 6. The molecule has 1 atom stereocenters. The van der Waals surface area contributed by atoms with Crippen LogP contribution in [0, 0.1) is 0 Å². The van der Waals surface area contributed by atoms with Gasteiger partial charge >= 0.3 is 0 Å². The third-order valence-electron chi connectivity index (χ3n) is 7.55. The molecule has 1 N–H and O–H groups in total.